The number of hydrogen-bond acceptors (Lipinski definition) is 5. The van der Waals surface area contributed by atoms with E-state index in [4.69, 9.17) is 10.5 Å². The Bertz CT molecular complexity index is 1140. The Morgan fingerprint density at radius 2 is 1.94 bits per heavy atom. The molecule has 170 valence electrons. The maximum absolute atomic E-state index is 13.3. The van der Waals surface area contributed by atoms with Crippen molar-refractivity contribution >= 4 is 21.8 Å². The maximum atomic E-state index is 13.3. The highest BCUT2D eigenvalue weighted by Gasteiger charge is 2.36. The van der Waals surface area contributed by atoms with Gasteiger partial charge in [0, 0.05) is 19.0 Å². The van der Waals surface area contributed by atoms with E-state index in [0.29, 0.717) is 30.0 Å². The van der Waals surface area contributed by atoms with Gasteiger partial charge in [-0.25, -0.2) is 8.42 Å². The molecule has 2 heterocycles. The van der Waals surface area contributed by atoms with Gasteiger partial charge in [0.25, 0.3) is 10.0 Å². The number of amides is 1. The zero-order chi connectivity index (χ0) is 22.9. The first-order valence-corrected chi connectivity index (χ1v) is 12.5. The minimum Gasteiger partial charge on any atom is -0.492 e. The SMILES string of the molecule is CC(C)(C(=O)N1CCC[C@H](COc2cccc3c2C(N)=NS(=O)(=O)C3)C1)c1ccccc1. The van der Waals surface area contributed by atoms with Crippen molar-refractivity contribution in [2.24, 2.45) is 16.0 Å². The number of sulfonamides is 1. The van der Waals surface area contributed by atoms with Crippen molar-refractivity contribution in [1.82, 2.24) is 4.90 Å². The summed E-state index contributed by atoms with van der Waals surface area (Å²) in [5, 5.41) is 0. The fourth-order valence-corrected chi connectivity index (χ4v) is 5.59. The van der Waals surface area contributed by atoms with Crippen molar-refractivity contribution in [1.29, 1.82) is 0 Å². The number of likely N-dealkylation sites (tertiary alicyclic amines) is 1. The summed E-state index contributed by atoms with van der Waals surface area (Å²) in [5.41, 5.74) is 7.49. The normalized spacial score (nSPS) is 20.2. The number of fused-ring (bicyclic) bond motifs is 1. The van der Waals surface area contributed by atoms with Crippen molar-refractivity contribution in [2.75, 3.05) is 19.7 Å². The van der Waals surface area contributed by atoms with Gasteiger partial charge in [0.1, 0.15) is 11.6 Å². The Labute approximate surface area is 189 Å². The topological polar surface area (TPSA) is 102 Å². The van der Waals surface area contributed by atoms with Gasteiger partial charge in [-0.05, 0) is 43.9 Å². The van der Waals surface area contributed by atoms with Crippen LogP contribution in [0, 0.1) is 5.92 Å². The van der Waals surface area contributed by atoms with Crippen LogP contribution < -0.4 is 10.5 Å². The van der Waals surface area contributed by atoms with Crippen LogP contribution in [0.15, 0.2) is 52.9 Å². The molecule has 1 fully saturated rings. The largest absolute Gasteiger partial charge is 0.492 e. The van der Waals surface area contributed by atoms with Crippen molar-refractivity contribution in [3.63, 3.8) is 0 Å². The summed E-state index contributed by atoms with van der Waals surface area (Å²) in [6.45, 7) is 5.73. The number of piperidine rings is 1. The predicted molar refractivity (Wildman–Crippen MR) is 124 cm³/mol. The average Bonchev–Trinajstić information content (AvgIpc) is 2.76. The molecule has 0 unspecified atom stereocenters. The molecule has 1 atom stereocenters. The highest BCUT2D eigenvalue weighted by Crippen LogP contribution is 2.31. The van der Waals surface area contributed by atoms with Gasteiger partial charge in [0.05, 0.1) is 23.3 Å². The smallest absolute Gasteiger partial charge is 0.259 e. The van der Waals surface area contributed by atoms with E-state index >= 15 is 0 Å². The highest BCUT2D eigenvalue weighted by molar-refractivity contribution is 7.89. The number of nitrogens with zero attached hydrogens (tertiary/aromatic N) is 2. The van der Waals surface area contributed by atoms with E-state index in [1.165, 1.54) is 0 Å². The number of amidine groups is 1. The molecule has 0 bridgehead atoms. The number of hydrogen-bond donors (Lipinski definition) is 1. The van der Waals surface area contributed by atoms with E-state index < -0.39 is 15.4 Å². The third-order valence-corrected chi connectivity index (χ3v) is 7.41. The van der Waals surface area contributed by atoms with Gasteiger partial charge in [-0.1, -0.05) is 42.5 Å². The second kappa shape index (κ2) is 8.58. The first-order valence-electron chi connectivity index (χ1n) is 10.9. The lowest BCUT2D eigenvalue weighted by Crippen LogP contribution is -2.48. The molecule has 2 N–H and O–H groups in total. The monoisotopic (exact) mass is 455 g/mol. The lowest BCUT2D eigenvalue weighted by Gasteiger charge is -2.38. The highest BCUT2D eigenvalue weighted by atomic mass is 32.2. The number of benzene rings is 2. The number of carbonyl (C=O) groups excluding carboxylic acids is 1. The molecule has 8 heteroatoms. The zero-order valence-electron chi connectivity index (χ0n) is 18.5. The van der Waals surface area contributed by atoms with Crippen LogP contribution in [-0.2, 0) is 26.0 Å². The fraction of sp³-hybridized carbons (Fsp3) is 0.417. The van der Waals surface area contributed by atoms with Crippen molar-refractivity contribution in [2.45, 2.75) is 37.9 Å². The zero-order valence-corrected chi connectivity index (χ0v) is 19.3. The quantitative estimate of drug-likeness (QED) is 0.747. The van der Waals surface area contributed by atoms with Gasteiger partial charge >= 0.3 is 0 Å². The summed E-state index contributed by atoms with van der Waals surface area (Å²) in [6.07, 6.45) is 1.88. The van der Waals surface area contributed by atoms with Gasteiger partial charge < -0.3 is 15.4 Å². The van der Waals surface area contributed by atoms with Crippen molar-refractivity contribution < 1.29 is 17.9 Å². The number of carbonyl (C=O) groups is 1. The van der Waals surface area contributed by atoms with Crippen LogP contribution in [0.2, 0.25) is 0 Å². The van der Waals surface area contributed by atoms with Gasteiger partial charge in [-0.15, -0.1) is 4.40 Å². The molecule has 32 heavy (non-hydrogen) atoms. The molecule has 1 amide bonds. The Morgan fingerprint density at radius 3 is 2.69 bits per heavy atom. The van der Waals surface area contributed by atoms with Gasteiger partial charge in [-0.2, -0.15) is 0 Å². The van der Waals surface area contributed by atoms with E-state index in [2.05, 4.69) is 4.40 Å². The third-order valence-electron chi connectivity index (χ3n) is 6.25. The predicted octanol–water partition coefficient (Wildman–Crippen LogP) is 2.83. The molecule has 7 nitrogen and oxygen atoms in total. The summed E-state index contributed by atoms with van der Waals surface area (Å²) in [7, 11) is -3.59. The van der Waals surface area contributed by atoms with Crippen molar-refractivity contribution in [3.05, 3.63) is 65.2 Å². The van der Waals surface area contributed by atoms with Gasteiger partial charge in [0.15, 0.2) is 0 Å². The Kier molecular flexibility index (Phi) is 5.99. The second-order valence-electron chi connectivity index (χ2n) is 9.05. The molecule has 0 aliphatic carbocycles. The van der Waals surface area contributed by atoms with E-state index in [1.807, 2.05) is 49.1 Å². The van der Waals surface area contributed by atoms with Gasteiger partial charge in [-0.3, -0.25) is 4.79 Å². The molecule has 1 saturated heterocycles. The Balaban J connectivity index is 1.45. The molecule has 2 aliphatic heterocycles. The van der Waals surface area contributed by atoms with Crippen LogP contribution in [0.5, 0.6) is 5.75 Å². The molecular formula is C24H29N3O4S. The summed E-state index contributed by atoms with van der Waals surface area (Å²) >= 11 is 0. The molecule has 0 saturated carbocycles. The van der Waals surface area contributed by atoms with Crippen LogP contribution in [0.1, 0.15) is 43.4 Å². The Hall–Kier alpha value is -2.87. The molecule has 2 aliphatic rings. The first kappa shape index (κ1) is 22.3. The van der Waals surface area contributed by atoms with Gasteiger partial charge in [0.2, 0.25) is 5.91 Å². The van der Waals surface area contributed by atoms with E-state index in [-0.39, 0.29) is 23.4 Å². The van der Waals surface area contributed by atoms with Crippen LogP contribution in [0.25, 0.3) is 0 Å². The lowest BCUT2D eigenvalue weighted by molar-refractivity contribution is -0.138. The molecule has 2 aromatic carbocycles. The minimum absolute atomic E-state index is 0.0353. The van der Waals surface area contributed by atoms with Crippen molar-refractivity contribution in [3.8, 4) is 5.75 Å². The average molecular weight is 456 g/mol. The maximum Gasteiger partial charge on any atom is 0.259 e. The first-order chi connectivity index (χ1) is 15.2. The van der Waals surface area contributed by atoms with Crippen LogP contribution in [0.3, 0.4) is 0 Å². The third kappa shape index (κ3) is 4.50. The van der Waals surface area contributed by atoms with Crippen LogP contribution in [-0.4, -0.2) is 44.8 Å². The molecule has 0 aromatic heterocycles. The Morgan fingerprint density at radius 1 is 1.19 bits per heavy atom. The van der Waals surface area contributed by atoms with E-state index in [0.717, 1.165) is 24.9 Å². The standard InChI is InChI=1S/C24H29N3O4S/c1-24(2,19-10-4-3-5-11-19)23(28)27-13-7-8-17(14-27)15-31-20-12-6-9-18-16-32(29,30)26-22(25)21(18)20/h3-6,9-12,17H,7-8,13-16H2,1-2H3,(H2,25,26)/t17-/m0/s1. The van der Waals surface area contributed by atoms with Crippen LogP contribution in [0.4, 0.5) is 0 Å². The lowest BCUT2D eigenvalue weighted by atomic mass is 9.82. The van der Waals surface area contributed by atoms with E-state index in [9.17, 15) is 13.2 Å². The molecule has 4 rings (SSSR count). The molecule has 0 spiro atoms. The molecule has 2 aromatic rings. The van der Waals surface area contributed by atoms with E-state index in [1.54, 1.807) is 18.2 Å². The fourth-order valence-electron chi connectivity index (χ4n) is 4.50. The summed E-state index contributed by atoms with van der Waals surface area (Å²) in [5.74, 6) is 0.617. The molecule has 0 radical (unpaired) electrons. The number of nitrogens with two attached hydrogens (primary N) is 1. The number of ether oxygens (including phenoxy) is 1. The second-order valence-corrected chi connectivity index (χ2v) is 10.7. The minimum atomic E-state index is -3.59. The summed E-state index contributed by atoms with van der Waals surface area (Å²) < 4.78 is 33.5. The summed E-state index contributed by atoms with van der Waals surface area (Å²) in [6, 6.07) is 15.1. The summed E-state index contributed by atoms with van der Waals surface area (Å²) in [4.78, 5) is 15.3. The van der Waals surface area contributed by atoms with Crippen LogP contribution >= 0.6 is 0 Å². The molecular weight excluding hydrogens is 426 g/mol. The number of rotatable bonds is 5.